The fourth-order valence-corrected chi connectivity index (χ4v) is 2.95. The van der Waals surface area contributed by atoms with Crippen LogP contribution in [0.1, 0.15) is 45.4 Å². The molecule has 2 nitrogen and oxygen atoms in total. The van der Waals surface area contributed by atoms with Crippen molar-refractivity contribution in [2.75, 3.05) is 19.7 Å². The van der Waals surface area contributed by atoms with E-state index in [0.717, 1.165) is 37.2 Å². The van der Waals surface area contributed by atoms with Gasteiger partial charge in [-0.2, -0.15) is 0 Å². The first-order valence-corrected chi connectivity index (χ1v) is 8.23. The molecule has 0 bridgehead atoms. The monoisotopic (exact) mass is 275 g/mol. The Morgan fingerprint density at radius 1 is 1.05 bits per heavy atom. The minimum atomic E-state index is 0.804. The van der Waals surface area contributed by atoms with Crippen LogP contribution in [0.4, 0.5) is 0 Å². The van der Waals surface area contributed by atoms with Gasteiger partial charge in [-0.25, -0.2) is 0 Å². The van der Waals surface area contributed by atoms with Crippen LogP contribution < -0.4 is 10.1 Å². The molecule has 20 heavy (non-hydrogen) atoms. The number of hydrogen-bond donors (Lipinski definition) is 1. The second-order valence-electron chi connectivity index (χ2n) is 6.18. The molecule has 0 aromatic heterocycles. The van der Waals surface area contributed by atoms with E-state index in [1.165, 1.54) is 38.6 Å². The summed E-state index contributed by atoms with van der Waals surface area (Å²) in [4.78, 5) is 0. The molecular weight excluding hydrogens is 246 g/mol. The molecule has 0 unspecified atom stereocenters. The third kappa shape index (κ3) is 5.96. The van der Waals surface area contributed by atoms with Crippen molar-refractivity contribution in [2.24, 2.45) is 11.8 Å². The Morgan fingerprint density at radius 2 is 1.80 bits per heavy atom. The highest BCUT2D eigenvalue weighted by Gasteiger charge is 2.17. The van der Waals surface area contributed by atoms with Gasteiger partial charge in [0.15, 0.2) is 0 Å². The number of rotatable bonds is 8. The van der Waals surface area contributed by atoms with E-state index in [2.05, 4.69) is 12.2 Å². The normalized spacial score (nSPS) is 22.6. The molecule has 1 aliphatic carbocycles. The zero-order valence-electron chi connectivity index (χ0n) is 12.8. The third-order valence-corrected chi connectivity index (χ3v) is 4.37. The quantitative estimate of drug-likeness (QED) is 0.716. The zero-order valence-corrected chi connectivity index (χ0v) is 12.8. The van der Waals surface area contributed by atoms with E-state index in [1.54, 1.807) is 0 Å². The Morgan fingerprint density at radius 3 is 2.55 bits per heavy atom. The van der Waals surface area contributed by atoms with Crippen LogP contribution in [-0.4, -0.2) is 19.7 Å². The summed E-state index contributed by atoms with van der Waals surface area (Å²) in [5.74, 6) is 2.91. The van der Waals surface area contributed by atoms with Crippen molar-refractivity contribution < 1.29 is 4.74 Å². The van der Waals surface area contributed by atoms with Crippen molar-refractivity contribution in [2.45, 2.75) is 45.4 Å². The molecular formula is C18H29NO. The number of hydrogen-bond acceptors (Lipinski definition) is 2. The average molecular weight is 275 g/mol. The fraction of sp³-hybridized carbons (Fsp3) is 0.667. The van der Waals surface area contributed by atoms with Crippen molar-refractivity contribution in [1.82, 2.24) is 5.32 Å². The molecule has 1 aromatic carbocycles. The molecule has 1 aromatic rings. The van der Waals surface area contributed by atoms with Gasteiger partial charge in [-0.15, -0.1) is 0 Å². The largest absolute Gasteiger partial charge is 0.494 e. The number of ether oxygens (including phenoxy) is 1. The third-order valence-electron chi connectivity index (χ3n) is 4.37. The molecule has 112 valence electrons. The zero-order chi connectivity index (χ0) is 14.0. The van der Waals surface area contributed by atoms with Gasteiger partial charge in [0.2, 0.25) is 0 Å². The van der Waals surface area contributed by atoms with Gasteiger partial charge in [-0.05, 0) is 49.9 Å². The van der Waals surface area contributed by atoms with Crippen molar-refractivity contribution >= 4 is 0 Å². The lowest BCUT2D eigenvalue weighted by Crippen LogP contribution is -2.22. The predicted octanol–water partition coefficient (Wildman–Crippen LogP) is 4.26. The summed E-state index contributed by atoms with van der Waals surface area (Å²) in [5.41, 5.74) is 0. The van der Waals surface area contributed by atoms with E-state index < -0.39 is 0 Å². The van der Waals surface area contributed by atoms with Gasteiger partial charge in [0.05, 0.1) is 6.61 Å². The molecule has 0 saturated heterocycles. The average Bonchev–Trinajstić information content (AvgIpc) is 2.49. The summed E-state index contributed by atoms with van der Waals surface area (Å²) in [7, 11) is 0. The van der Waals surface area contributed by atoms with E-state index in [9.17, 15) is 0 Å². The Bertz CT molecular complexity index is 344. The van der Waals surface area contributed by atoms with Gasteiger partial charge >= 0.3 is 0 Å². The highest BCUT2D eigenvalue weighted by atomic mass is 16.5. The Kier molecular flexibility index (Phi) is 6.93. The minimum Gasteiger partial charge on any atom is -0.494 e. The van der Waals surface area contributed by atoms with Crippen molar-refractivity contribution in [3.63, 3.8) is 0 Å². The topological polar surface area (TPSA) is 21.3 Å². The first kappa shape index (κ1) is 15.4. The van der Waals surface area contributed by atoms with E-state index in [1.807, 2.05) is 30.3 Å². The second kappa shape index (κ2) is 9.02. The molecule has 0 radical (unpaired) electrons. The highest BCUT2D eigenvalue weighted by Crippen LogP contribution is 2.29. The van der Waals surface area contributed by atoms with Crippen LogP contribution in [0.5, 0.6) is 5.75 Å². The van der Waals surface area contributed by atoms with Crippen LogP contribution in [0, 0.1) is 11.8 Å². The van der Waals surface area contributed by atoms with E-state index in [0.29, 0.717) is 0 Å². The van der Waals surface area contributed by atoms with Gasteiger partial charge in [0, 0.05) is 0 Å². The smallest absolute Gasteiger partial charge is 0.119 e. The second-order valence-corrected chi connectivity index (χ2v) is 6.18. The lowest BCUT2D eigenvalue weighted by molar-refractivity contribution is 0.272. The number of benzene rings is 1. The highest BCUT2D eigenvalue weighted by molar-refractivity contribution is 5.20. The van der Waals surface area contributed by atoms with E-state index in [-0.39, 0.29) is 0 Å². The Hall–Kier alpha value is -1.02. The maximum Gasteiger partial charge on any atom is 0.119 e. The van der Waals surface area contributed by atoms with Gasteiger partial charge in [-0.1, -0.05) is 50.8 Å². The predicted molar refractivity (Wildman–Crippen MR) is 85.2 cm³/mol. The summed E-state index contributed by atoms with van der Waals surface area (Å²) in [6, 6.07) is 10.1. The maximum atomic E-state index is 5.67. The maximum absolute atomic E-state index is 5.67. The lowest BCUT2D eigenvalue weighted by Gasteiger charge is -2.26. The molecule has 1 aliphatic rings. The lowest BCUT2D eigenvalue weighted by atomic mass is 9.81. The molecule has 1 N–H and O–H groups in total. The molecule has 2 rings (SSSR count). The molecule has 1 saturated carbocycles. The first-order chi connectivity index (χ1) is 9.84. The van der Waals surface area contributed by atoms with Crippen molar-refractivity contribution in [3.8, 4) is 5.75 Å². The number of para-hydroxylation sites is 1. The molecule has 0 atom stereocenters. The minimum absolute atomic E-state index is 0.804. The summed E-state index contributed by atoms with van der Waals surface area (Å²) in [5, 5.41) is 3.55. The summed E-state index contributed by atoms with van der Waals surface area (Å²) in [6.45, 7) is 5.43. The molecule has 2 heteroatoms. The van der Waals surface area contributed by atoms with Crippen molar-refractivity contribution in [1.29, 1.82) is 0 Å². The summed E-state index contributed by atoms with van der Waals surface area (Å²) >= 11 is 0. The molecule has 0 heterocycles. The van der Waals surface area contributed by atoms with Crippen LogP contribution in [0.15, 0.2) is 30.3 Å². The van der Waals surface area contributed by atoms with Crippen molar-refractivity contribution in [3.05, 3.63) is 30.3 Å². The SMILES string of the molecule is CC1CCC(CCNCCCOc2ccccc2)CC1. The molecule has 0 spiro atoms. The van der Waals surface area contributed by atoms with Gasteiger partial charge in [0.1, 0.15) is 5.75 Å². The van der Waals surface area contributed by atoms with Crippen LogP contribution in [0.25, 0.3) is 0 Å². The molecule has 1 fully saturated rings. The van der Waals surface area contributed by atoms with Crippen LogP contribution in [0.3, 0.4) is 0 Å². The summed E-state index contributed by atoms with van der Waals surface area (Å²) < 4.78 is 5.67. The van der Waals surface area contributed by atoms with Crippen LogP contribution in [-0.2, 0) is 0 Å². The van der Waals surface area contributed by atoms with Gasteiger partial charge in [0.25, 0.3) is 0 Å². The van der Waals surface area contributed by atoms with E-state index in [4.69, 9.17) is 4.74 Å². The molecule has 0 aliphatic heterocycles. The Labute approximate surface area is 123 Å². The van der Waals surface area contributed by atoms with E-state index >= 15 is 0 Å². The van der Waals surface area contributed by atoms with Gasteiger partial charge in [-0.3, -0.25) is 0 Å². The standard InChI is InChI=1S/C18H29NO/c1-16-8-10-17(11-9-16)12-14-19-13-5-15-20-18-6-3-2-4-7-18/h2-4,6-7,16-17,19H,5,8-15H2,1H3. The first-order valence-electron chi connectivity index (χ1n) is 8.23. The number of nitrogens with one attached hydrogen (secondary N) is 1. The van der Waals surface area contributed by atoms with Gasteiger partial charge < -0.3 is 10.1 Å². The van der Waals surface area contributed by atoms with Crippen LogP contribution >= 0.6 is 0 Å². The fourth-order valence-electron chi connectivity index (χ4n) is 2.95. The van der Waals surface area contributed by atoms with Crippen LogP contribution in [0.2, 0.25) is 0 Å². The molecule has 0 amide bonds. The summed E-state index contributed by atoms with van der Waals surface area (Å²) in [6.07, 6.45) is 8.20. The Balaban J connectivity index is 1.42.